The van der Waals surface area contributed by atoms with Crippen molar-refractivity contribution in [3.63, 3.8) is 0 Å². The van der Waals surface area contributed by atoms with Crippen LogP contribution in [-0.4, -0.2) is 4.98 Å². The highest BCUT2D eigenvalue weighted by molar-refractivity contribution is 14.1. The molecule has 0 N–H and O–H groups in total. The van der Waals surface area contributed by atoms with Gasteiger partial charge in [-0.25, -0.2) is 0 Å². The molecule has 0 radical (unpaired) electrons. The van der Waals surface area contributed by atoms with Crippen LogP contribution in [0.25, 0.3) is 11.1 Å². The summed E-state index contributed by atoms with van der Waals surface area (Å²) in [5, 5.41) is 0.833. The average molecular weight is 314 g/mol. The Morgan fingerprint density at radius 2 is 2.17 bits per heavy atom. The Morgan fingerprint density at radius 3 is 2.92 bits per heavy atom. The number of hydrogen-bond acceptors (Lipinski definition) is 2. The molecule has 12 heavy (non-hydrogen) atoms. The van der Waals surface area contributed by atoms with Gasteiger partial charge in [0.05, 0.1) is 5.02 Å². The molecule has 2 heterocycles. The molecule has 0 atom stereocenters. The number of fused-ring (bicyclic) bond motifs is 1. The molecule has 0 amide bonds. The molecule has 0 spiro atoms. The van der Waals surface area contributed by atoms with E-state index in [1.54, 1.807) is 6.07 Å². The van der Waals surface area contributed by atoms with Gasteiger partial charge >= 0.3 is 0 Å². The fraction of sp³-hybridized carbons (Fsp3) is 0. The summed E-state index contributed by atoms with van der Waals surface area (Å²) in [4.78, 5) is 4.05. The SMILES string of the molecule is Clc1cnc2cc(I)oc2c1Cl. The second-order valence-corrected chi connectivity index (χ2v) is 4.03. The Labute approximate surface area is 92.0 Å². The van der Waals surface area contributed by atoms with Crippen molar-refractivity contribution in [2.24, 2.45) is 0 Å². The number of furan rings is 1. The van der Waals surface area contributed by atoms with Crippen LogP contribution in [0.2, 0.25) is 10.0 Å². The van der Waals surface area contributed by atoms with Crippen LogP contribution in [0, 0.1) is 3.77 Å². The maximum Gasteiger partial charge on any atom is 0.174 e. The molecule has 2 aromatic rings. The summed E-state index contributed by atoms with van der Waals surface area (Å²) in [5.41, 5.74) is 1.28. The van der Waals surface area contributed by atoms with E-state index in [-0.39, 0.29) is 0 Å². The van der Waals surface area contributed by atoms with E-state index in [9.17, 15) is 0 Å². The van der Waals surface area contributed by atoms with E-state index < -0.39 is 0 Å². The first-order valence-corrected chi connectivity index (χ1v) is 4.91. The van der Waals surface area contributed by atoms with E-state index in [1.165, 1.54) is 6.20 Å². The normalized spacial score (nSPS) is 10.9. The minimum atomic E-state index is 0.412. The van der Waals surface area contributed by atoms with Crippen LogP contribution in [0.15, 0.2) is 16.7 Å². The van der Waals surface area contributed by atoms with E-state index in [4.69, 9.17) is 27.6 Å². The van der Waals surface area contributed by atoms with Gasteiger partial charge in [0.15, 0.2) is 9.35 Å². The van der Waals surface area contributed by atoms with Crippen molar-refractivity contribution < 1.29 is 4.42 Å². The molecule has 0 aliphatic rings. The van der Waals surface area contributed by atoms with Gasteiger partial charge in [0, 0.05) is 12.3 Å². The second-order valence-electron chi connectivity index (χ2n) is 2.18. The van der Waals surface area contributed by atoms with Crippen LogP contribution >= 0.6 is 45.8 Å². The van der Waals surface area contributed by atoms with Crippen molar-refractivity contribution in [2.45, 2.75) is 0 Å². The Kier molecular flexibility index (Phi) is 2.18. The number of pyridine rings is 1. The van der Waals surface area contributed by atoms with E-state index in [2.05, 4.69) is 27.6 Å². The van der Waals surface area contributed by atoms with Crippen molar-refractivity contribution in [1.82, 2.24) is 4.98 Å². The van der Waals surface area contributed by atoms with Crippen molar-refractivity contribution in [3.8, 4) is 0 Å². The molecule has 0 fully saturated rings. The van der Waals surface area contributed by atoms with Gasteiger partial charge in [-0.3, -0.25) is 4.98 Å². The summed E-state index contributed by atoms with van der Waals surface area (Å²) < 4.78 is 6.04. The smallest absolute Gasteiger partial charge is 0.174 e. The molecule has 0 saturated carbocycles. The predicted octanol–water partition coefficient (Wildman–Crippen LogP) is 3.74. The highest BCUT2D eigenvalue weighted by atomic mass is 127. The Morgan fingerprint density at radius 1 is 1.42 bits per heavy atom. The lowest BCUT2D eigenvalue weighted by molar-refractivity contribution is 0.584. The molecule has 0 aromatic carbocycles. The third-order valence-corrected chi connectivity index (χ3v) is 2.70. The van der Waals surface area contributed by atoms with Gasteiger partial charge in [0.2, 0.25) is 0 Å². The predicted molar refractivity (Wildman–Crippen MR) is 56.7 cm³/mol. The van der Waals surface area contributed by atoms with Gasteiger partial charge in [-0.05, 0) is 22.6 Å². The van der Waals surface area contributed by atoms with Crippen molar-refractivity contribution in [3.05, 3.63) is 26.1 Å². The first-order chi connectivity index (χ1) is 5.68. The van der Waals surface area contributed by atoms with Crippen LogP contribution < -0.4 is 0 Å². The van der Waals surface area contributed by atoms with Gasteiger partial charge in [-0.15, -0.1) is 0 Å². The highest BCUT2D eigenvalue weighted by Crippen LogP contribution is 2.31. The fourth-order valence-electron chi connectivity index (χ4n) is 0.897. The van der Waals surface area contributed by atoms with Crippen LogP contribution in [0.4, 0.5) is 0 Å². The summed E-state index contributed by atoms with van der Waals surface area (Å²) >= 11 is 13.7. The van der Waals surface area contributed by atoms with Gasteiger partial charge < -0.3 is 4.42 Å². The monoisotopic (exact) mass is 313 g/mol. The van der Waals surface area contributed by atoms with E-state index in [0.29, 0.717) is 15.6 Å². The van der Waals surface area contributed by atoms with Gasteiger partial charge in [0.25, 0.3) is 0 Å². The maximum atomic E-state index is 5.87. The first kappa shape index (κ1) is 8.59. The van der Waals surface area contributed by atoms with E-state index in [0.717, 1.165) is 9.28 Å². The quantitative estimate of drug-likeness (QED) is 0.693. The molecule has 62 valence electrons. The van der Waals surface area contributed by atoms with Gasteiger partial charge in [-0.1, -0.05) is 23.2 Å². The number of halogens is 3. The van der Waals surface area contributed by atoms with Crippen LogP contribution in [0.3, 0.4) is 0 Å². The lowest BCUT2D eigenvalue weighted by Crippen LogP contribution is -1.74. The molecular formula is C7H2Cl2INO. The summed E-state index contributed by atoms with van der Waals surface area (Å²) in [6.07, 6.45) is 1.51. The van der Waals surface area contributed by atoms with Crippen molar-refractivity contribution in [1.29, 1.82) is 0 Å². The van der Waals surface area contributed by atoms with Crippen molar-refractivity contribution in [2.75, 3.05) is 0 Å². The first-order valence-electron chi connectivity index (χ1n) is 3.07. The topological polar surface area (TPSA) is 26.0 Å². The largest absolute Gasteiger partial charge is 0.447 e. The van der Waals surface area contributed by atoms with Crippen LogP contribution in [0.1, 0.15) is 0 Å². The lowest BCUT2D eigenvalue weighted by Gasteiger charge is -1.93. The standard InChI is InChI=1S/C7H2Cl2INO/c8-3-2-11-4-1-5(10)12-7(4)6(3)9/h1-2H. The zero-order valence-corrected chi connectivity index (χ0v) is 9.31. The van der Waals surface area contributed by atoms with Gasteiger partial charge in [0.1, 0.15) is 10.5 Å². The third kappa shape index (κ3) is 1.30. The van der Waals surface area contributed by atoms with Gasteiger partial charge in [-0.2, -0.15) is 0 Å². The molecule has 2 nitrogen and oxygen atoms in total. The number of rotatable bonds is 0. The third-order valence-electron chi connectivity index (χ3n) is 1.41. The summed E-state index contributed by atoms with van der Waals surface area (Å²) in [5.74, 6) is 0. The zero-order valence-electron chi connectivity index (χ0n) is 5.64. The highest BCUT2D eigenvalue weighted by Gasteiger charge is 2.09. The Bertz CT molecular complexity index is 440. The molecule has 0 aliphatic heterocycles. The molecule has 0 saturated heterocycles. The minimum Gasteiger partial charge on any atom is -0.447 e. The fourth-order valence-corrected chi connectivity index (χ4v) is 1.73. The molecule has 5 heteroatoms. The minimum absolute atomic E-state index is 0.412. The summed E-state index contributed by atoms with van der Waals surface area (Å²) in [6.45, 7) is 0. The maximum absolute atomic E-state index is 5.87. The summed E-state index contributed by atoms with van der Waals surface area (Å²) in [7, 11) is 0. The number of nitrogens with zero attached hydrogens (tertiary/aromatic N) is 1. The van der Waals surface area contributed by atoms with Crippen LogP contribution in [-0.2, 0) is 0 Å². The lowest BCUT2D eigenvalue weighted by atomic mass is 10.4. The molecule has 2 rings (SSSR count). The second kappa shape index (κ2) is 3.05. The summed E-state index contributed by atoms with van der Waals surface area (Å²) in [6, 6.07) is 1.80. The van der Waals surface area contributed by atoms with E-state index in [1.807, 2.05) is 0 Å². The average Bonchev–Trinajstić information content (AvgIpc) is 2.39. The molecular weight excluding hydrogens is 312 g/mol. The molecule has 0 aliphatic carbocycles. The Hall–Kier alpha value is -0.000000000000000111. The molecule has 0 bridgehead atoms. The van der Waals surface area contributed by atoms with E-state index >= 15 is 0 Å². The Balaban J connectivity index is 2.89. The molecule has 2 aromatic heterocycles. The van der Waals surface area contributed by atoms with Crippen LogP contribution in [0.5, 0.6) is 0 Å². The van der Waals surface area contributed by atoms with Crippen molar-refractivity contribution >= 4 is 56.9 Å². The molecule has 0 unspecified atom stereocenters. The zero-order chi connectivity index (χ0) is 8.72. The number of hydrogen-bond donors (Lipinski definition) is 0. The number of aromatic nitrogens is 1.